The molecule has 0 aliphatic heterocycles. The van der Waals surface area contributed by atoms with Crippen molar-refractivity contribution in [3.63, 3.8) is 0 Å². The number of benzene rings is 1. The first-order chi connectivity index (χ1) is 9.36. The molecule has 2 nitrogen and oxygen atoms in total. The lowest BCUT2D eigenvalue weighted by molar-refractivity contribution is -0.137. The van der Waals surface area contributed by atoms with Gasteiger partial charge in [0.15, 0.2) is 0 Å². The Morgan fingerprint density at radius 2 is 2.00 bits per heavy atom. The highest BCUT2D eigenvalue weighted by Gasteiger charge is 2.30. The standard InChI is InChI=1S/C13H10ClF3N2S/c1-8-2-4-10(20-8)7-18-19-12-6-9(13(15,16)17)3-5-11(12)14/h2-7,19H,1H3. The molecule has 1 heterocycles. The predicted molar refractivity (Wildman–Crippen MR) is 76.7 cm³/mol. The Labute approximate surface area is 122 Å². The smallest absolute Gasteiger partial charge is 0.277 e. The summed E-state index contributed by atoms with van der Waals surface area (Å²) in [6.45, 7) is 1.96. The van der Waals surface area contributed by atoms with Gasteiger partial charge >= 0.3 is 6.18 Å². The Kier molecular flexibility index (Phi) is 4.35. The summed E-state index contributed by atoms with van der Waals surface area (Å²) in [6.07, 6.45) is -2.87. The summed E-state index contributed by atoms with van der Waals surface area (Å²) in [4.78, 5) is 2.03. The van der Waals surface area contributed by atoms with Gasteiger partial charge in [-0.2, -0.15) is 18.3 Å². The number of rotatable bonds is 3. The van der Waals surface area contributed by atoms with Crippen LogP contribution < -0.4 is 5.43 Å². The molecule has 0 bridgehead atoms. The fraction of sp³-hybridized carbons (Fsp3) is 0.154. The van der Waals surface area contributed by atoms with Crippen molar-refractivity contribution in [1.29, 1.82) is 0 Å². The highest BCUT2D eigenvalue weighted by atomic mass is 35.5. The number of halogens is 4. The van der Waals surface area contributed by atoms with Gasteiger partial charge in [0.05, 0.1) is 22.5 Å². The minimum absolute atomic E-state index is 0.117. The van der Waals surface area contributed by atoms with Gasteiger partial charge in [0.25, 0.3) is 0 Å². The summed E-state index contributed by atoms with van der Waals surface area (Å²) in [5.74, 6) is 0. The van der Waals surface area contributed by atoms with Gasteiger partial charge in [0, 0.05) is 9.75 Å². The molecule has 0 saturated carbocycles. The largest absolute Gasteiger partial charge is 0.416 e. The third kappa shape index (κ3) is 3.74. The molecule has 0 aliphatic carbocycles. The highest BCUT2D eigenvalue weighted by Crippen LogP contribution is 2.33. The molecule has 7 heteroatoms. The molecule has 0 spiro atoms. The number of nitrogens with zero attached hydrogens (tertiary/aromatic N) is 1. The van der Waals surface area contributed by atoms with Crippen LogP contribution in [-0.2, 0) is 6.18 Å². The Hall–Kier alpha value is -1.53. The molecule has 0 radical (unpaired) electrons. The third-order valence-electron chi connectivity index (χ3n) is 2.43. The van der Waals surface area contributed by atoms with Crippen LogP contribution in [0.1, 0.15) is 15.3 Å². The minimum Gasteiger partial charge on any atom is -0.277 e. The van der Waals surface area contributed by atoms with Crippen LogP contribution in [0.2, 0.25) is 5.02 Å². The topological polar surface area (TPSA) is 24.4 Å². The molecule has 20 heavy (non-hydrogen) atoms. The first-order valence-corrected chi connectivity index (χ1v) is 6.78. The molecule has 0 unspecified atom stereocenters. The quantitative estimate of drug-likeness (QED) is 0.612. The predicted octanol–water partition coefficient (Wildman–Crippen LogP) is 5.17. The van der Waals surface area contributed by atoms with E-state index in [-0.39, 0.29) is 10.7 Å². The lowest BCUT2D eigenvalue weighted by atomic mass is 10.2. The van der Waals surface area contributed by atoms with Crippen LogP contribution in [0.15, 0.2) is 35.4 Å². The van der Waals surface area contributed by atoms with E-state index in [0.29, 0.717) is 0 Å². The van der Waals surface area contributed by atoms with Gasteiger partial charge in [-0.25, -0.2) is 0 Å². The second-order valence-corrected chi connectivity index (χ2v) is 5.74. The molecule has 1 N–H and O–H groups in total. The zero-order chi connectivity index (χ0) is 14.8. The van der Waals surface area contributed by atoms with Crippen molar-refractivity contribution < 1.29 is 13.2 Å². The molecule has 0 amide bonds. The van der Waals surface area contributed by atoms with Gasteiger partial charge in [-0.3, -0.25) is 5.43 Å². The minimum atomic E-state index is -4.41. The second kappa shape index (κ2) is 5.85. The number of hydrogen-bond acceptors (Lipinski definition) is 3. The van der Waals surface area contributed by atoms with Crippen LogP contribution in [0.3, 0.4) is 0 Å². The summed E-state index contributed by atoms with van der Waals surface area (Å²) in [5.41, 5.74) is 1.87. The first-order valence-electron chi connectivity index (χ1n) is 5.58. The number of aryl methyl sites for hydroxylation is 1. The average molecular weight is 319 g/mol. The molecule has 0 atom stereocenters. The normalized spacial score (nSPS) is 12.1. The van der Waals surface area contributed by atoms with Crippen molar-refractivity contribution in [2.75, 3.05) is 5.43 Å². The van der Waals surface area contributed by atoms with Crippen LogP contribution in [0, 0.1) is 6.92 Å². The van der Waals surface area contributed by atoms with Crippen molar-refractivity contribution in [1.82, 2.24) is 0 Å². The molecule has 2 rings (SSSR count). The number of alkyl halides is 3. The van der Waals surface area contributed by atoms with Crippen molar-refractivity contribution >= 4 is 34.8 Å². The van der Waals surface area contributed by atoms with Gasteiger partial charge in [0.2, 0.25) is 0 Å². The van der Waals surface area contributed by atoms with Crippen molar-refractivity contribution in [3.8, 4) is 0 Å². The SMILES string of the molecule is Cc1ccc(C=NNc2cc(C(F)(F)F)ccc2Cl)s1. The van der Waals surface area contributed by atoms with Crippen molar-refractivity contribution in [2.45, 2.75) is 13.1 Å². The number of thiophene rings is 1. The van der Waals surface area contributed by atoms with E-state index in [1.807, 2.05) is 19.1 Å². The maximum absolute atomic E-state index is 12.6. The van der Waals surface area contributed by atoms with Crippen LogP contribution >= 0.6 is 22.9 Å². The van der Waals surface area contributed by atoms with Crippen molar-refractivity contribution in [2.24, 2.45) is 5.10 Å². The average Bonchev–Trinajstić information content (AvgIpc) is 2.76. The van der Waals surface area contributed by atoms with Gasteiger partial charge in [-0.15, -0.1) is 11.3 Å². The van der Waals surface area contributed by atoms with E-state index in [1.54, 1.807) is 0 Å². The van der Waals surface area contributed by atoms with Gasteiger partial charge < -0.3 is 0 Å². The molecule has 2 aromatic rings. The van der Waals surface area contributed by atoms with E-state index in [2.05, 4.69) is 10.5 Å². The van der Waals surface area contributed by atoms with E-state index in [9.17, 15) is 13.2 Å². The summed E-state index contributed by atoms with van der Waals surface area (Å²) in [6, 6.07) is 6.86. The fourth-order valence-electron chi connectivity index (χ4n) is 1.48. The van der Waals surface area contributed by atoms with Crippen LogP contribution in [-0.4, -0.2) is 6.21 Å². The monoisotopic (exact) mass is 318 g/mol. The first kappa shape index (κ1) is 14.9. The Morgan fingerprint density at radius 3 is 2.60 bits per heavy atom. The molecule has 0 aliphatic rings. The number of nitrogens with one attached hydrogen (secondary N) is 1. The van der Waals surface area contributed by atoms with Gasteiger partial charge in [-0.05, 0) is 37.3 Å². The number of anilines is 1. The van der Waals surface area contributed by atoms with E-state index in [4.69, 9.17) is 11.6 Å². The van der Waals surface area contributed by atoms with Crippen LogP contribution in [0.5, 0.6) is 0 Å². The van der Waals surface area contributed by atoms with Crippen LogP contribution in [0.25, 0.3) is 0 Å². The Bertz CT molecular complexity index is 635. The summed E-state index contributed by atoms with van der Waals surface area (Å²) in [5, 5.41) is 4.07. The molecule has 1 aromatic heterocycles. The summed E-state index contributed by atoms with van der Waals surface area (Å²) in [7, 11) is 0. The third-order valence-corrected chi connectivity index (χ3v) is 3.70. The zero-order valence-corrected chi connectivity index (χ0v) is 11.9. The Morgan fingerprint density at radius 1 is 1.25 bits per heavy atom. The highest BCUT2D eigenvalue weighted by molar-refractivity contribution is 7.13. The van der Waals surface area contributed by atoms with E-state index in [0.717, 1.165) is 21.9 Å². The van der Waals surface area contributed by atoms with Gasteiger partial charge in [-0.1, -0.05) is 11.6 Å². The van der Waals surface area contributed by atoms with Gasteiger partial charge in [0.1, 0.15) is 0 Å². The number of hydrazone groups is 1. The molecule has 1 aromatic carbocycles. The van der Waals surface area contributed by atoms with E-state index < -0.39 is 11.7 Å². The molecule has 0 fully saturated rings. The lowest BCUT2D eigenvalue weighted by Gasteiger charge is -2.09. The zero-order valence-electron chi connectivity index (χ0n) is 10.3. The maximum Gasteiger partial charge on any atom is 0.416 e. The molecule has 0 saturated heterocycles. The summed E-state index contributed by atoms with van der Waals surface area (Å²) >= 11 is 7.36. The maximum atomic E-state index is 12.6. The number of hydrogen-bond donors (Lipinski definition) is 1. The van der Waals surface area contributed by atoms with E-state index >= 15 is 0 Å². The van der Waals surface area contributed by atoms with Crippen LogP contribution in [0.4, 0.5) is 18.9 Å². The molecule has 106 valence electrons. The molecular weight excluding hydrogens is 309 g/mol. The summed E-state index contributed by atoms with van der Waals surface area (Å²) < 4.78 is 37.7. The molecular formula is C13H10ClF3N2S. The second-order valence-electron chi connectivity index (χ2n) is 4.01. The lowest BCUT2D eigenvalue weighted by Crippen LogP contribution is -2.05. The fourth-order valence-corrected chi connectivity index (χ4v) is 2.38. The van der Waals surface area contributed by atoms with Crippen molar-refractivity contribution in [3.05, 3.63) is 50.7 Å². The Balaban J connectivity index is 2.15. The van der Waals surface area contributed by atoms with E-state index in [1.165, 1.54) is 23.6 Å².